The number of nitrogens with zero attached hydrogens (tertiary/aromatic N) is 1. The van der Waals surface area contributed by atoms with Gasteiger partial charge in [-0.1, -0.05) is 68.5 Å². The smallest absolute Gasteiger partial charge is 0.150 e. The number of hydrogen-bond donors (Lipinski definition) is 1. The monoisotopic (exact) mass is 458 g/mol. The molecular formula is C26H39N2OPS. The molecule has 0 spiro atoms. The highest BCUT2D eigenvalue weighted by molar-refractivity contribution is 7.80. The van der Waals surface area contributed by atoms with Gasteiger partial charge in [-0.2, -0.15) is 0 Å². The molecule has 0 aliphatic carbocycles. The highest BCUT2D eigenvalue weighted by Crippen LogP contribution is 2.22. The van der Waals surface area contributed by atoms with Crippen molar-refractivity contribution in [3.63, 3.8) is 0 Å². The van der Waals surface area contributed by atoms with E-state index in [4.69, 9.17) is 0 Å². The lowest BCUT2D eigenvalue weighted by Gasteiger charge is -2.19. The summed E-state index contributed by atoms with van der Waals surface area (Å²) in [5.41, 5.74) is 6.65. The Morgan fingerprint density at radius 1 is 1.23 bits per heavy atom. The van der Waals surface area contributed by atoms with E-state index in [0.29, 0.717) is 5.92 Å². The van der Waals surface area contributed by atoms with Gasteiger partial charge in [-0.05, 0) is 61.7 Å². The Hall–Kier alpha value is -2.03. The molecule has 170 valence electrons. The summed E-state index contributed by atoms with van der Waals surface area (Å²) in [6.45, 7) is 17.2. The molecule has 2 aromatic rings. The molecule has 0 radical (unpaired) electrons. The third kappa shape index (κ3) is 10.7. The van der Waals surface area contributed by atoms with Gasteiger partial charge in [-0.25, -0.2) is 0 Å². The number of benzene rings is 2. The van der Waals surface area contributed by atoms with Crippen molar-refractivity contribution in [1.82, 2.24) is 5.32 Å². The number of carbonyl (C=O) groups is 1. The van der Waals surface area contributed by atoms with Gasteiger partial charge in [0.2, 0.25) is 0 Å². The van der Waals surface area contributed by atoms with Crippen LogP contribution in [0.15, 0.2) is 43.0 Å². The second-order valence-corrected chi connectivity index (χ2v) is 9.01. The van der Waals surface area contributed by atoms with Crippen LogP contribution < -0.4 is 15.5 Å². The average Bonchev–Trinajstić information content (AvgIpc) is 2.75. The summed E-state index contributed by atoms with van der Waals surface area (Å²) in [4.78, 5) is 13.9. The molecule has 1 unspecified atom stereocenters. The number of rotatable bonds is 5. The van der Waals surface area contributed by atoms with Crippen LogP contribution in [0.2, 0.25) is 0 Å². The predicted molar refractivity (Wildman–Crippen MR) is 147 cm³/mol. The van der Waals surface area contributed by atoms with Crippen molar-refractivity contribution < 1.29 is 4.79 Å². The second-order valence-electron chi connectivity index (χ2n) is 7.78. The Morgan fingerprint density at radius 2 is 1.81 bits per heavy atom. The van der Waals surface area contributed by atoms with E-state index in [1.165, 1.54) is 16.6 Å². The molecule has 0 heterocycles. The first-order valence-electron chi connectivity index (χ1n) is 10.5. The van der Waals surface area contributed by atoms with Crippen LogP contribution in [-0.4, -0.2) is 31.9 Å². The average molecular weight is 459 g/mol. The van der Waals surface area contributed by atoms with Gasteiger partial charge in [0.25, 0.3) is 0 Å². The third-order valence-electron chi connectivity index (χ3n) is 4.75. The zero-order valence-electron chi connectivity index (χ0n) is 20.4. The molecule has 31 heavy (non-hydrogen) atoms. The lowest BCUT2D eigenvalue weighted by molar-refractivity contribution is 0.112. The first kappa shape index (κ1) is 29.0. The minimum absolute atomic E-state index is 0.370. The first-order chi connectivity index (χ1) is 14.5. The van der Waals surface area contributed by atoms with E-state index in [-0.39, 0.29) is 0 Å². The molecule has 0 aromatic heterocycles. The van der Waals surface area contributed by atoms with E-state index in [0.717, 1.165) is 40.1 Å². The standard InChI is InChI=1S/C13H16O.C10H16NP.C3H7NS/c1-9(2)11-5-6-12(8-14)13(7-11)10(3)4;1-4-11(3)9-7-8(2)5-6-10(9)12;1-3(5)4-2/h5-8,10H,1H2,2-4H3;5-7H,4,12H2,1-3H3;1-2H3,(H,4,5). The third-order valence-corrected chi connectivity index (χ3v) is 5.44. The molecule has 0 fully saturated rings. The van der Waals surface area contributed by atoms with E-state index in [9.17, 15) is 4.79 Å². The Balaban J connectivity index is 0.000000483. The fraction of sp³-hybridized carbons (Fsp3) is 0.385. The van der Waals surface area contributed by atoms with Gasteiger partial charge in [-0.15, -0.1) is 9.24 Å². The second kappa shape index (κ2) is 14.9. The number of allylic oxidation sites excluding steroid dienone is 1. The molecule has 0 saturated heterocycles. The van der Waals surface area contributed by atoms with E-state index in [2.05, 4.69) is 97.3 Å². The van der Waals surface area contributed by atoms with Gasteiger partial charge in [-0.3, -0.25) is 4.79 Å². The van der Waals surface area contributed by atoms with Crippen molar-refractivity contribution in [1.29, 1.82) is 0 Å². The quantitative estimate of drug-likeness (QED) is 0.330. The van der Waals surface area contributed by atoms with Gasteiger partial charge in [0.05, 0.1) is 4.99 Å². The summed E-state index contributed by atoms with van der Waals surface area (Å²) in [5.74, 6) is 0.370. The number of nitrogens with one attached hydrogen (secondary N) is 1. The number of anilines is 1. The van der Waals surface area contributed by atoms with Crippen molar-refractivity contribution >= 4 is 49.3 Å². The Labute approximate surface area is 197 Å². The van der Waals surface area contributed by atoms with Gasteiger partial charge in [0.1, 0.15) is 6.29 Å². The zero-order chi connectivity index (χ0) is 24.1. The lowest BCUT2D eigenvalue weighted by Crippen LogP contribution is -2.20. The summed E-state index contributed by atoms with van der Waals surface area (Å²) >= 11 is 4.59. The first-order valence-corrected chi connectivity index (χ1v) is 11.5. The highest BCUT2D eigenvalue weighted by atomic mass is 32.1. The maximum Gasteiger partial charge on any atom is 0.150 e. The van der Waals surface area contributed by atoms with Crippen molar-refractivity contribution in [2.24, 2.45) is 0 Å². The van der Waals surface area contributed by atoms with E-state index in [1.54, 1.807) is 0 Å². The van der Waals surface area contributed by atoms with Crippen molar-refractivity contribution in [2.75, 3.05) is 25.5 Å². The molecule has 0 amide bonds. The maximum atomic E-state index is 10.8. The predicted octanol–water partition coefficient (Wildman–Crippen LogP) is 6.16. The summed E-state index contributed by atoms with van der Waals surface area (Å²) in [6.07, 6.45) is 0.914. The highest BCUT2D eigenvalue weighted by Gasteiger charge is 2.07. The van der Waals surface area contributed by atoms with Crippen LogP contribution in [0.1, 0.15) is 67.6 Å². The molecule has 1 N–H and O–H groups in total. The van der Waals surface area contributed by atoms with Gasteiger partial charge < -0.3 is 10.2 Å². The van der Waals surface area contributed by atoms with Crippen LogP contribution in [-0.2, 0) is 0 Å². The molecule has 1 atom stereocenters. The Kier molecular flexibility index (Phi) is 13.9. The summed E-state index contributed by atoms with van der Waals surface area (Å²) in [6, 6.07) is 12.4. The maximum absolute atomic E-state index is 10.8. The fourth-order valence-electron chi connectivity index (χ4n) is 2.60. The van der Waals surface area contributed by atoms with Crippen LogP contribution in [0, 0.1) is 6.92 Å². The number of thiocarbonyl (C=S) groups is 1. The summed E-state index contributed by atoms with van der Waals surface area (Å²) in [7, 11) is 6.69. The Morgan fingerprint density at radius 3 is 2.23 bits per heavy atom. The van der Waals surface area contributed by atoms with Crippen LogP contribution in [0.3, 0.4) is 0 Å². The topological polar surface area (TPSA) is 32.3 Å². The van der Waals surface area contributed by atoms with E-state index >= 15 is 0 Å². The van der Waals surface area contributed by atoms with Crippen LogP contribution >= 0.6 is 21.5 Å². The number of aldehydes is 1. The lowest BCUT2D eigenvalue weighted by atomic mass is 9.94. The number of carbonyl (C=O) groups excluding carboxylic acids is 1. The van der Waals surface area contributed by atoms with E-state index in [1.807, 2.05) is 33.0 Å². The van der Waals surface area contributed by atoms with Crippen LogP contribution in [0.25, 0.3) is 5.57 Å². The SMILES string of the molecule is C=C(C)c1ccc(C=O)c(C(C)C)c1.CCN(C)c1cc(C)ccc1P.CNC(C)=S. The van der Waals surface area contributed by atoms with Crippen molar-refractivity contribution in [3.8, 4) is 0 Å². The molecule has 5 heteroatoms. The van der Waals surface area contributed by atoms with Gasteiger partial charge in [0.15, 0.2) is 0 Å². The minimum atomic E-state index is 0.370. The molecule has 2 rings (SSSR count). The normalized spacial score (nSPS) is 9.61. The molecule has 0 aliphatic rings. The molecule has 0 saturated carbocycles. The van der Waals surface area contributed by atoms with E-state index < -0.39 is 0 Å². The zero-order valence-corrected chi connectivity index (χ0v) is 22.3. The van der Waals surface area contributed by atoms with Gasteiger partial charge in [0, 0.05) is 31.9 Å². The summed E-state index contributed by atoms with van der Waals surface area (Å²) < 4.78 is 0. The minimum Gasteiger partial charge on any atom is -0.383 e. The molecular weight excluding hydrogens is 419 g/mol. The molecule has 0 aliphatic heterocycles. The molecule has 0 bridgehead atoms. The number of aryl methyl sites for hydroxylation is 1. The Bertz CT molecular complexity index is 878. The number of hydrogen-bond acceptors (Lipinski definition) is 3. The summed E-state index contributed by atoms with van der Waals surface area (Å²) in [5, 5.41) is 4.03. The van der Waals surface area contributed by atoms with Crippen LogP contribution in [0.4, 0.5) is 5.69 Å². The largest absolute Gasteiger partial charge is 0.383 e. The van der Waals surface area contributed by atoms with Crippen molar-refractivity contribution in [2.45, 2.75) is 47.5 Å². The molecule has 2 aromatic carbocycles. The van der Waals surface area contributed by atoms with Crippen LogP contribution in [0.5, 0.6) is 0 Å². The van der Waals surface area contributed by atoms with Crippen molar-refractivity contribution in [3.05, 3.63) is 65.2 Å². The van der Waals surface area contributed by atoms with Gasteiger partial charge >= 0.3 is 0 Å². The fourth-order valence-corrected chi connectivity index (χ4v) is 3.00. The molecule has 3 nitrogen and oxygen atoms in total.